The van der Waals surface area contributed by atoms with E-state index in [1.54, 1.807) is 30.8 Å². The molecule has 2 amide bonds. The monoisotopic (exact) mass is 326 g/mol. The molecule has 2 fully saturated rings. The number of hydrogen-bond acceptors (Lipinski definition) is 4. The molecule has 3 heterocycles. The van der Waals surface area contributed by atoms with Gasteiger partial charge in [-0.3, -0.25) is 14.3 Å². The van der Waals surface area contributed by atoms with Gasteiger partial charge in [0, 0.05) is 20.6 Å². The van der Waals surface area contributed by atoms with Crippen molar-refractivity contribution in [3.05, 3.63) is 16.4 Å². The molecule has 22 heavy (non-hydrogen) atoms. The van der Waals surface area contributed by atoms with Gasteiger partial charge in [-0.15, -0.1) is 0 Å². The molecule has 0 saturated carbocycles. The third-order valence-corrected chi connectivity index (χ3v) is 4.86. The molecule has 1 aromatic rings. The molecule has 2 saturated heterocycles. The first-order valence-electron chi connectivity index (χ1n) is 7.19. The zero-order valence-electron chi connectivity index (χ0n) is 12.9. The predicted molar refractivity (Wildman–Crippen MR) is 79.8 cm³/mol. The fourth-order valence-electron chi connectivity index (χ4n) is 3.17. The van der Waals surface area contributed by atoms with Crippen molar-refractivity contribution in [2.45, 2.75) is 18.9 Å². The van der Waals surface area contributed by atoms with E-state index in [1.165, 1.54) is 4.68 Å². The van der Waals surface area contributed by atoms with Gasteiger partial charge in [-0.1, -0.05) is 11.6 Å². The van der Waals surface area contributed by atoms with Crippen LogP contribution in [0.15, 0.2) is 0 Å². The molecule has 0 aromatic carbocycles. The van der Waals surface area contributed by atoms with Gasteiger partial charge in [-0.25, -0.2) is 0 Å². The lowest BCUT2D eigenvalue weighted by Crippen LogP contribution is -2.54. The van der Waals surface area contributed by atoms with E-state index in [0.29, 0.717) is 42.5 Å². The zero-order valence-corrected chi connectivity index (χ0v) is 13.7. The van der Waals surface area contributed by atoms with E-state index < -0.39 is 5.60 Å². The highest BCUT2D eigenvalue weighted by atomic mass is 35.5. The molecule has 3 rings (SSSR count). The lowest BCUT2D eigenvalue weighted by molar-refractivity contribution is -0.158. The minimum absolute atomic E-state index is 0.0271. The zero-order chi connectivity index (χ0) is 16.1. The highest BCUT2D eigenvalue weighted by Gasteiger charge is 2.46. The van der Waals surface area contributed by atoms with Crippen LogP contribution < -0.4 is 0 Å². The van der Waals surface area contributed by atoms with E-state index in [9.17, 15) is 9.59 Å². The van der Waals surface area contributed by atoms with E-state index in [0.717, 1.165) is 0 Å². The van der Waals surface area contributed by atoms with E-state index in [-0.39, 0.29) is 18.4 Å². The molecule has 120 valence electrons. The van der Waals surface area contributed by atoms with E-state index in [4.69, 9.17) is 16.3 Å². The van der Waals surface area contributed by atoms with Gasteiger partial charge < -0.3 is 14.5 Å². The largest absolute Gasteiger partial charge is 0.361 e. The van der Waals surface area contributed by atoms with Crippen molar-refractivity contribution in [2.75, 3.05) is 33.3 Å². The van der Waals surface area contributed by atoms with Crippen molar-refractivity contribution >= 4 is 23.4 Å². The van der Waals surface area contributed by atoms with Crippen LogP contribution in [0, 0.1) is 6.92 Å². The molecule has 7 nitrogen and oxygen atoms in total. The van der Waals surface area contributed by atoms with Gasteiger partial charge >= 0.3 is 0 Å². The number of halogens is 1. The first-order valence-corrected chi connectivity index (χ1v) is 7.57. The fraction of sp³-hybridized carbons (Fsp3) is 0.643. The highest BCUT2D eigenvalue weighted by Crippen LogP contribution is 2.31. The normalized spacial score (nSPS) is 25.4. The summed E-state index contributed by atoms with van der Waals surface area (Å²) >= 11 is 6.19. The number of aromatic nitrogens is 2. The Bertz CT molecular complexity index is 644. The van der Waals surface area contributed by atoms with Gasteiger partial charge in [0.2, 0.25) is 5.91 Å². The van der Waals surface area contributed by atoms with E-state index in [2.05, 4.69) is 5.10 Å². The molecule has 0 radical (unpaired) electrons. The number of aryl methyl sites for hydroxylation is 2. The Morgan fingerprint density at radius 1 is 1.36 bits per heavy atom. The molecule has 0 N–H and O–H groups in total. The molecule has 1 spiro atoms. The third kappa shape index (κ3) is 2.38. The van der Waals surface area contributed by atoms with Crippen LogP contribution in [0.1, 0.15) is 22.6 Å². The van der Waals surface area contributed by atoms with Gasteiger partial charge in [0.05, 0.1) is 23.8 Å². The van der Waals surface area contributed by atoms with Crippen LogP contribution in [-0.4, -0.2) is 70.3 Å². The number of rotatable bonds is 1. The summed E-state index contributed by atoms with van der Waals surface area (Å²) in [6.07, 6.45) is 0.713. The molecular formula is C14H19ClN4O3. The van der Waals surface area contributed by atoms with Crippen LogP contribution in [0.4, 0.5) is 0 Å². The van der Waals surface area contributed by atoms with Crippen molar-refractivity contribution in [3.8, 4) is 0 Å². The maximum atomic E-state index is 12.7. The second-order valence-electron chi connectivity index (χ2n) is 6.07. The number of hydrogen-bond donors (Lipinski definition) is 0. The summed E-state index contributed by atoms with van der Waals surface area (Å²) in [6.45, 7) is 3.40. The van der Waals surface area contributed by atoms with Gasteiger partial charge in [0.1, 0.15) is 17.9 Å². The minimum atomic E-state index is -0.460. The second kappa shape index (κ2) is 5.24. The van der Waals surface area contributed by atoms with Crippen LogP contribution in [0.25, 0.3) is 0 Å². The summed E-state index contributed by atoms with van der Waals surface area (Å²) in [4.78, 5) is 27.7. The number of ether oxygens (including phenoxy) is 1. The quantitative estimate of drug-likeness (QED) is 0.751. The Kier molecular flexibility index (Phi) is 3.65. The van der Waals surface area contributed by atoms with Crippen LogP contribution in [0.2, 0.25) is 5.02 Å². The molecule has 0 bridgehead atoms. The SMILES string of the molecule is Cc1nn(C)c(C(=O)N2CCC3(CN(C)C(=O)CO3)C2)c1Cl. The minimum Gasteiger partial charge on any atom is -0.361 e. The number of amides is 2. The van der Waals surface area contributed by atoms with Gasteiger partial charge in [0.25, 0.3) is 5.91 Å². The standard InChI is InChI=1S/C14H19ClN4O3/c1-9-11(15)12(18(3)16-9)13(21)19-5-4-14(8-19)7-17(2)10(20)6-22-14/h4-8H2,1-3H3. The summed E-state index contributed by atoms with van der Waals surface area (Å²) < 4.78 is 7.27. The summed E-state index contributed by atoms with van der Waals surface area (Å²) in [5, 5.41) is 4.58. The lowest BCUT2D eigenvalue weighted by Gasteiger charge is -2.38. The first-order chi connectivity index (χ1) is 10.3. The number of likely N-dealkylation sites (tertiary alicyclic amines) is 1. The molecule has 2 aliphatic rings. The Balaban J connectivity index is 1.78. The smallest absolute Gasteiger partial charge is 0.273 e. The predicted octanol–water partition coefficient (Wildman–Crippen LogP) is 0.455. The Labute approximate surface area is 133 Å². The number of likely N-dealkylation sites (N-methyl/N-ethyl adjacent to an activating group) is 1. The number of carbonyl (C=O) groups excluding carboxylic acids is 2. The average molecular weight is 327 g/mol. The molecule has 8 heteroatoms. The lowest BCUT2D eigenvalue weighted by atomic mass is 10.0. The van der Waals surface area contributed by atoms with Crippen molar-refractivity contribution in [1.29, 1.82) is 0 Å². The molecule has 1 aromatic heterocycles. The van der Waals surface area contributed by atoms with Crippen molar-refractivity contribution in [2.24, 2.45) is 7.05 Å². The van der Waals surface area contributed by atoms with Crippen molar-refractivity contribution < 1.29 is 14.3 Å². The summed E-state index contributed by atoms with van der Waals surface area (Å²) in [7, 11) is 3.47. The number of carbonyl (C=O) groups is 2. The molecule has 1 unspecified atom stereocenters. The van der Waals surface area contributed by atoms with E-state index >= 15 is 0 Å². The van der Waals surface area contributed by atoms with Gasteiger partial charge in [0.15, 0.2) is 0 Å². The third-order valence-electron chi connectivity index (χ3n) is 4.41. The van der Waals surface area contributed by atoms with Crippen molar-refractivity contribution in [3.63, 3.8) is 0 Å². The maximum Gasteiger partial charge on any atom is 0.273 e. The average Bonchev–Trinajstić information content (AvgIpc) is 2.97. The highest BCUT2D eigenvalue weighted by molar-refractivity contribution is 6.34. The summed E-state index contributed by atoms with van der Waals surface area (Å²) in [6, 6.07) is 0. The Morgan fingerprint density at radius 3 is 2.68 bits per heavy atom. The first kappa shape index (κ1) is 15.3. The molecular weight excluding hydrogens is 308 g/mol. The summed E-state index contributed by atoms with van der Waals surface area (Å²) in [5.41, 5.74) is 0.579. The van der Waals surface area contributed by atoms with E-state index in [1.807, 2.05) is 0 Å². The molecule has 0 aliphatic carbocycles. The van der Waals surface area contributed by atoms with Gasteiger partial charge in [-0.2, -0.15) is 5.10 Å². The summed E-state index contributed by atoms with van der Waals surface area (Å²) in [5.74, 6) is -0.172. The van der Waals surface area contributed by atoms with Crippen LogP contribution >= 0.6 is 11.6 Å². The van der Waals surface area contributed by atoms with Crippen LogP contribution in [-0.2, 0) is 16.6 Å². The maximum absolute atomic E-state index is 12.7. The topological polar surface area (TPSA) is 67.7 Å². The number of nitrogens with zero attached hydrogens (tertiary/aromatic N) is 4. The second-order valence-corrected chi connectivity index (χ2v) is 6.45. The van der Waals surface area contributed by atoms with Crippen LogP contribution in [0.5, 0.6) is 0 Å². The molecule has 2 aliphatic heterocycles. The number of morpholine rings is 1. The Morgan fingerprint density at radius 2 is 2.09 bits per heavy atom. The van der Waals surface area contributed by atoms with Crippen LogP contribution in [0.3, 0.4) is 0 Å². The molecule has 1 atom stereocenters. The Hall–Kier alpha value is -1.60. The van der Waals surface area contributed by atoms with Crippen molar-refractivity contribution in [1.82, 2.24) is 19.6 Å². The fourth-order valence-corrected chi connectivity index (χ4v) is 3.41. The van der Waals surface area contributed by atoms with Gasteiger partial charge in [-0.05, 0) is 13.3 Å².